The van der Waals surface area contributed by atoms with Crippen LogP contribution in [0.1, 0.15) is 17.3 Å². The summed E-state index contributed by atoms with van der Waals surface area (Å²) in [6, 6.07) is 18.7. The van der Waals surface area contributed by atoms with E-state index in [4.69, 9.17) is 0 Å². The quantitative estimate of drug-likeness (QED) is 0.630. The standard InChI is InChI=1S/C22H22N4O3/c1-15(27)23-13-14-24-21(28)19-18(16-9-5-3-6-10-16)20(25-26(2)22(19)29)17-11-7-4-8-12-17/h3-12H,13-14H2,1-2H3,(H,23,27)(H,24,28). The molecule has 2 aromatic carbocycles. The minimum Gasteiger partial charge on any atom is -0.355 e. The summed E-state index contributed by atoms with van der Waals surface area (Å²) < 4.78 is 1.18. The second-order valence-electron chi connectivity index (χ2n) is 6.50. The average Bonchev–Trinajstić information content (AvgIpc) is 2.73. The highest BCUT2D eigenvalue weighted by Crippen LogP contribution is 2.31. The van der Waals surface area contributed by atoms with Crippen molar-refractivity contribution >= 4 is 11.8 Å². The average molecular weight is 390 g/mol. The van der Waals surface area contributed by atoms with Crippen LogP contribution in [-0.2, 0) is 11.8 Å². The largest absolute Gasteiger partial charge is 0.355 e. The Kier molecular flexibility index (Phi) is 6.19. The van der Waals surface area contributed by atoms with Crippen molar-refractivity contribution in [3.8, 4) is 22.4 Å². The number of aromatic nitrogens is 2. The Labute approximate surface area is 168 Å². The van der Waals surface area contributed by atoms with Crippen LogP contribution in [0.5, 0.6) is 0 Å². The third kappa shape index (κ3) is 4.57. The molecule has 0 atom stereocenters. The highest BCUT2D eigenvalue weighted by atomic mass is 16.2. The monoisotopic (exact) mass is 390 g/mol. The van der Waals surface area contributed by atoms with Gasteiger partial charge in [-0.3, -0.25) is 14.4 Å². The van der Waals surface area contributed by atoms with Crippen molar-refractivity contribution in [1.29, 1.82) is 0 Å². The third-order valence-corrected chi connectivity index (χ3v) is 4.37. The summed E-state index contributed by atoms with van der Waals surface area (Å²) in [6.07, 6.45) is 0. The molecule has 0 aliphatic heterocycles. The van der Waals surface area contributed by atoms with Crippen LogP contribution in [0, 0.1) is 0 Å². The lowest BCUT2D eigenvalue weighted by atomic mass is 9.95. The number of hydrogen-bond acceptors (Lipinski definition) is 4. The van der Waals surface area contributed by atoms with Gasteiger partial charge in [0.05, 0.1) is 5.69 Å². The zero-order valence-corrected chi connectivity index (χ0v) is 16.3. The minimum absolute atomic E-state index is 0.0235. The molecule has 29 heavy (non-hydrogen) atoms. The molecule has 0 aliphatic rings. The van der Waals surface area contributed by atoms with E-state index in [1.54, 1.807) is 0 Å². The van der Waals surface area contributed by atoms with Gasteiger partial charge in [0.25, 0.3) is 11.5 Å². The van der Waals surface area contributed by atoms with Crippen LogP contribution < -0.4 is 16.2 Å². The van der Waals surface area contributed by atoms with Crippen molar-refractivity contribution in [3.05, 3.63) is 76.6 Å². The predicted octanol–water partition coefficient (Wildman–Crippen LogP) is 1.98. The van der Waals surface area contributed by atoms with Gasteiger partial charge in [-0.25, -0.2) is 4.68 Å². The fourth-order valence-corrected chi connectivity index (χ4v) is 3.03. The van der Waals surface area contributed by atoms with E-state index >= 15 is 0 Å². The number of amides is 2. The second-order valence-corrected chi connectivity index (χ2v) is 6.50. The number of nitrogens with zero attached hydrogens (tertiary/aromatic N) is 2. The van der Waals surface area contributed by atoms with Crippen molar-refractivity contribution in [2.24, 2.45) is 7.05 Å². The Morgan fingerprint density at radius 2 is 1.45 bits per heavy atom. The molecule has 3 aromatic rings. The van der Waals surface area contributed by atoms with E-state index in [2.05, 4.69) is 15.7 Å². The van der Waals surface area contributed by atoms with Gasteiger partial charge >= 0.3 is 0 Å². The van der Waals surface area contributed by atoms with Crippen molar-refractivity contribution in [3.63, 3.8) is 0 Å². The molecule has 0 spiro atoms. The van der Waals surface area contributed by atoms with E-state index in [0.717, 1.165) is 11.1 Å². The summed E-state index contributed by atoms with van der Waals surface area (Å²) in [7, 11) is 1.53. The van der Waals surface area contributed by atoms with Gasteiger partial charge in [-0.15, -0.1) is 0 Å². The van der Waals surface area contributed by atoms with Crippen molar-refractivity contribution in [2.75, 3.05) is 13.1 Å². The van der Waals surface area contributed by atoms with E-state index < -0.39 is 11.5 Å². The van der Waals surface area contributed by atoms with Gasteiger partial charge in [-0.05, 0) is 5.56 Å². The van der Waals surface area contributed by atoms with E-state index in [1.807, 2.05) is 60.7 Å². The number of carbonyl (C=O) groups is 2. The van der Waals surface area contributed by atoms with Crippen molar-refractivity contribution in [2.45, 2.75) is 6.92 Å². The SMILES string of the molecule is CC(=O)NCCNC(=O)c1c(-c2ccccc2)c(-c2ccccc2)nn(C)c1=O. The molecule has 2 amide bonds. The fourth-order valence-electron chi connectivity index (χ4n) is 3.03. The third-order valence-electron chi connectivity index (χ3n) is 4.37. The van der Waals surface area contributed by atoms with Gasteiger partial charge in [0.15, 0.2) is 0 Å². The minimum atomic E-state index is -0.505. The normalized spacial score (nSPS) is 10.4. The summed E-state index contributed by atoms with van der Waals surface area (Å²) in [5.41, 5.74) is 2.09. The van der Waals surface area contributed by atoms with Gasteiger partial charge in [0, 0.05) is 38.2 Å². The van der Waals surface area contributed by atoms with Crippen LogP contribution in [0.3, 0.4) is 0 Å². The Hall–Kier alpha value is -3.74. The molecular formula is C22H22N4O3. The fraction of sp³-hybridized carbons (Fsp3) is 0.182. The molecule has 7 heteroatoms. The van der Waals surface area contributed by atoms with Crippen LogP contribution >= 0.6 is 0 Å². The highest BCUT2D eigenvalue weighted by molar-refractivity contribution is 6.03. The molecule has 0 saturated heterocycles. The summed E-state index contributed by atoms with van der Waals surface area (Å²) >= 11 is 0. The molecular weight excluding hydrogens is 368 g/mol. The summed E-state index contributed by atoms with van der Waals surface area (Å²) in [5.74, 6) is -0.690. The van der Waals surface area contributed by atoms with E-state index in [9.17, 15) is 14.4 Å². The molecule has 1 heterocycles. The molecule has 0 aliphatic carbocycles. The van der Waals surface area contributed by atoms with Crippen molar-refractivity contribution in [1.82, 2.24) is 20.4 Å². The number of nitrogens with one attached hydrogen (secondary N) is 2. The Balaban J connectivity index is 2.14. The summed E-state index contributed by atoms with van der Waals surface area (Å²) in [5, 5.41) is 9.78. The number of hydrogen-bond donors (Lipinski definition) is 2. The van der Waals surface area contributed by atoms with Gasteiger partial charge in [-0.2, -0.15) is 5.10 Å². The topological polar surface area (TPSA) is 93.1 Å². The lowest BCUT2D eigenvalue weighted by molar-refractivity contribution is -0.118. The number of carbonyl (C=O) groups excluding carboxylic acids is 2. The first-order chi connectivity index (χ1) is 14.0. The van der Waals surface area contributed by atoms with E-state index in [0.29, 0.717) is 11.3 Å². The Morgan fingerprint density at radius 3 is 2.03 bits per heavy atom. The predicted molar refractivity (Wildman–Crippen MR) is 111 cm³/mol. The maximum Gasteiger partial charge on any atom is 0.280 e. The van der Waals surface area contributed by atoms with Gasteiger partial charge in [0.1, 0.15) is 5.56 Å². The lowest BCUT2D eigenvalue weighted by Gasteiger charge is -2.16. The zero-order chi connectivity index (χ0) is 20.8. The van der Waals surface area contributed by atoms with E-state index in [1.165, 1.54) is 18.7 Å². The first-order valence-corrected chi connectivity index (χ1v) is 9.24. The molecule has 0 radical (unpaired) electrons. The lowest BCUT2D eigenvalue weighted by Crippen LogP contribution is -2.38. The number of rotatable bonds is 6. The van der Waals surface area contributed by atoms with Crippen LogP contribution in [0.4, 0.5) is 0 Å². The molecule has 0 bridgehead atoms. The molecule has 0 fully saturated rings. The molecule has 2 N–H and O–H groups in total. The van der Waals surface area contributed by atoms with Gasteiger partial charge in [-0.1, -0.05) is 60.7 Å². The molecule has 148 valence electrons. The maximum absolute atomic E-state index is 13.0. The second kappa shape index (κ2) is 8.97. The zero-order valence-electron chi connectivity index (χ0n) is 16.3. The Morgan fingerprint density at radius 1 is 0.897 bits per heavy atom. The van der Waals surface area contributed by atoms with Gasteiger partial charge in [0.2, 0.25) is 5.91 Å². The smallest absolute Gasteiger partial charge is 0.280 e. The summed E-state index contributed by atoms with van der Waals surface area (Å²) in [6.45, 7) is 1.89. The number of aryl methyl sites for hydroxylation is 1. The first kappa shape index (κ1) is 20.0. The van der Waals surface area contributed by atoms with Crippen LogP contribution in [0.25, 0.3) is 22.4 Å². The van der Waals surface area contributed by atoms with E-state index in [-0.39, 0.29) is 24.6 Å². The van der Waals surface area contributed by atoms with Crippen LogP contribution in [0.2, 0.25) is 0 Å². The molecule has 0 saturated carbocycles. The first-order valence-electron chi connectivity index (χ1n) is 9.24. The van der Waals surface area contributed by atoms with Gasteiger partial charge < -0.3 is 10.6 Å². The van der Waals surface area contributed by atoms with Crippen molar-refractivity contribution < 1.29 is 9.59 Å². The molecule has 3 rings (SSSR count). The maximum atomic E-state index is 13.0. The molecule has 0 unspecified atom stereocenters. The Bertz CT molecular complexity index is 1080. The number of benzene rings is 2. The molecule has 7 nitrogen and oxygen atoms in total. The highest BCUT2D eigenvalue weighted by Gasteiger charge is 2.24. The summed E-state index contributed by atoms with van der Waals surface area (Å²) in [4.78, 5) is 36.9. The molecule has 1 aromatic heterocycles. The van der Waals surface area contributed by atoms with Crippen LogP contribution in [-0.4, -0.2) is 34.7 Å². The van der Waals surface area contributed by atoms with Crippen LogP contribution in [0.15, 0.2) is 65.5 Å².